The zero-order valence-corrected chi connectivity index (χ0v) is 35.0. The molecule has 2 saturated heterocycles. The molecule has 2 nitrogen and oxygen atoms in total. The van der Waals surface area contributed by atoms with Crippen LogP contribution in [0.2, 0.25) is 0 Å². The molecule has 6 aliphatic rings. The maximum atomic E-state index is 4.25. The number of thiophene rings is 1. The molecule has 3 aromatic rings. The van der Waals surface area contributed by atoms with Crippen molar-refractivity contribution in [1.82, 2.24) is 9.80 Å². The number of piperidine rings is 2. The summed E-state index contributed by atoms with van der Waals surface area (Å²) in [6.07, 6.45) is 8.66. The van der Waals surface area contributed by atoms with E-state index in [-0.39, 0.29) is 0 Å². The van der Waals surface area contributed by atoms with Gasteiger partial charge < -0.3 is 0 Å². The molecule has 4 aliphatic heterocycles. The third-order valence-electron chi connectivity index (χ3n) is 12.1. The topological polar surface area (TPSA) is 6.48 Å². The highest BCUT2D eigenvalue weighted by atomic mass is 79.9. The molecule has 0 amide bonds. The number of unbranched alkanes of at least 4 members (excludes halogenated alkanes) is 2. The predicted octanol–water partition coefficient (Wildman–Crippen LogP) is 13.8. The van der Waals surface area contributed by atoms with Crippen LogP contribution >= 0.6 is 43.2 Å². The van der Waals surface area contributed by atoms with Gasteiger partial charge in [0.05, 0.1) is 0 Å². The standard InChI is InChI=1S/C22H26BrNS.C22H32BrN/c1-14(2)11-18-21-20-16(8-5-9-17(20)23)19(12-22(21,3)4)24(18)13-15-7-6-10-25-15;1-6-7-8-12-24-18(13-15(2)3)21-20-16(10-9-11-17(20)23)19(24)14-22(21,4)5/h5-10,18-19,21H,1,11-13H2,2-4H3;9-11,18-19,21H,2,6-8,12-14H2,1,3-5H3. The third kappa shape index (κ3) is 7.28. The van der Waals surface area contributed by atoms with Gasteiger partial charge in [-0.05, 0) is 109 Å². The number of benzene rings is 2. The Morgan fingerprint density at radius 3 is 1.73 bits per heavy atom. The summed E-state index contributed by atoms with van der Waals surface area (Å²) in [7, 11) is 0. The van der Waals surface area contributed by atoms with Gasteiger partial charge in [0, 0.05) is 56.4 Å². The second-order valence-electron chi connectivity index (χ2n) is 17.0. The first-order valence-electron chi connectivity index (χ1n) is 18.6. The molecule has 2 aromatic carbocycles. The van der Waals surface area contributed by atoms with E-state index >= 15 is 0 Å². The number of fused-ring (bicyclic) bond motifs is 4. The monoisotopic (exact) mass is 804 g/mol. The van der Waals surface area contributed by atoms with Gasteiger partial charge in [-0.25, -0.2) is 0 Å². The van der Waals surface area contributed by atoms with E-state index in [1.54, 1.807) is 16.7 Å². The van der Waals surface area contributed by atoms with Crippen LogP contribution in [0.4, 0.5) is 0 Å². The van der Waals surface area contributed by atoms with Crippen molar-refractivity contribution in [2.24, 2.45) is 10.8 Å². The normalized spacial score (nSPS) is 27.6. The average Bonchev–Trinajstić information content (AvgIpc) is 3.53. The predicted molar refractivity (Wildman–Crippen MR) is 219 cm³/mol. The van der Waals surface area contributed by atoms with Gasteiger partial charge in [0.15, 0.2) is 0 Å². The molecule has 0 spiro atoms. The first-order chi connectivity index (χ1) is 23.2. The van der Waals surface area contributed by atoms with Crippen LogP contribution in [0.3, 0.4) is 0 Å². The highest BCUT2D eigenvalue weighted by Gasteiger charge is 2.55. The molecule has 2 aliphatic carbocycles. The summed E-state index contributed by atoms with van der Waals surface area (Å²) in [6, 6.07) is 20.2. The fourth-order valence-electron chi connectivity index (χ4n) is 10.3. The molecule has 9 rings (SSSR count). The third-order valence-corrected chi connectivity index (χ3v) is 14.4. The number of nitrogens with zero attached hydrogens (tertiary/aromatic N) is 2. The molecular formula is C44H58Br2N2S. The van der Waals surface area contributed by atoms with E-state index in [2.05, 4.69) is 157 Å². The van der Waals surface area contributed by atoms with E-state index in [1.807, 2.05) is 11.3 Å². The van der Waals surface area contributed by atoms with Gasteiger partial charge in [-0.2, -0.15) is 0 Å². The molecule has 6 atom stereocenters. The lowest BCUT2D eigenvalue weighted by Crippen LogP contribution is -2.56. The lowest BCUT2D eigenvalue weighted by Gasteiger charge is -2.60. The van der Waals surface area contributed by atoms with Crippen molar-refractivity contribution < 1.29 is 0 Å². The molecule has 0 saturated carbocycles. The van der Waals surface area contributed by atoms with E-state index in [1.165, 1.54) is 69.2 Å². The van der Waals surface area contributed by atoms with Crippen LogP contribution in [0, 0.1) is 10.8 Å². The Morgan fingerprint density at radius 1 is 0.755 bits per heavy atom. The number of hydrogen-bond acceptors (Lipinski definition) is 3. The van der Waals surface area contributed by atoms with E-state index in [9.17, 15) is 0 Å². The summed E-state index contributed by atoms with van der Waals surface area (Å²) >= 11 is 9.62. The molecule has 0 radical (unpaired) electrons. The molecule has 5 heteroatoms. The summed E-state index contributed by atoms with van der Waals surface area (Å²) in [5.41, 5.74) is 9.51. The molecule has 1 aromatic heterocycles. The Morgan fingerprint density at radius 2 is 1.27 bits per heavy atom. The maximum absolute atomic E-state index is 4.25. The molecular weight excluding hydrogens is 748 g/mol. The molecule has 264 valence electrons. The first kappa shape index (κ1) is 37.3. The Labute approximate surface area is 318 Å². The average molecular weight is 807 g/mol. The molecule has 4 bridgehead atoms. The SMILES string of the molecule is C=C(C)CC1C2c3c(Br)cccc3C(CC2(C)C)N1CCCCC.C=C(C)CC1C2c3c(Br)cccc3C(CC2(C)C)N1Cc1cccs1. The summed E-state index contributed by atoms with van der Waals surface area (Å²) in [5.74, 6) is 1.13. The van der Waals surface area contributed by atoms with Gasteiger partial charge in [-0.1, -0.05) is 121 Å². The summed E-state index contributed by atoms with van der Waals surface area (Å²) in [5, 5.41) is 2.19. The van der Waals surface area contributed by atoms with Crippen LogP contribution in [0.15, 0.2) is 87.2 Å². The smallest absolute Gasteiger partial charge is 0.0363 e. The zero-order chi connectivity index (χ0) is 35.2. The zero-order valence-electron chi connectivity index (χ0n) is 31.0. The van der Waals surface area contributed by atoms with E-state index < -0.39 is 0 Å². The van der Waals surface area contributed by atoms with Crippen molar-refractivity contribution >= 4 is 43.2 Å². The van der Waals surface area contributed by atoms with Crippen molar-refractivity contribution in [3.63, 3.8) is 0 Å². The van der Waals surface area contributed by atoms with Crippen LogP contribution in [0.5, 0.6) is 0 Å². The second kappa shape index (κ2) is 14.9. The van der Waals surface area contributed by atoms with Gasteiger partial charge in [-0.3, -0.25) is 9.80 Å². The number of rotatable bonds is 10. The maximum Gasteiger partial charge on any atom is 0.0363 e. The van der Waals surface area contributed by atoms with Crippen molar-refractivity contribution in [2.45, 2.75) is 136 Å². The van der Waals surface area contributed by atoms with E-state index in [0.717, 1.165) is 19.4 Å². The minimum Gasteiger partial charge on any atom is -0.292 e. The Hall–Kier alpha value is -1.50. The summed E-state index contributed by atoms with van der Waals surface area (Å²) in [6.45, 7) is 27.3. The van der Waals surface area contributed by atoms with Crippen LogP contribution < -0.4 is 0 Å². The van der Waals surface area contributed by atoms with E-state index in [0.29, 0.717) is 46.8 Å². The Balaban J connectivity index is 0.000000170. The molecule has 6 unspecified atom stereocenters. The number of hydrogen-bond donors (Lipinski definition) is 0. The van der Waals surface area contributed by atoms with Crippen LogP contribution in [0.25, 0.3) is 0 Å². The fourth-order valence-corrected chi connectivity index (χ4v) is 12.3. The highest BCUT2D eigenvalue weighted by Crippen LogP contribution is 2.62. The largest absolute Gasteiger partial charge is 0.292 e. The summed E-state index contributed by atoms with van der Waals surface area (Å²) < 4.78 is 2.60. The van der Waals surface area contributed by atoms with Gasteiger partial charge >= 0.3 is 0 Å². The summed E-state index contributed by atoms with van der Waals surface area (Å²) in [4.78, 5) is 7.06. The Bertz CT molecular complexity index is 1650. The lowest BCUT2D eigenvalue weighted by molar-refractivity contribution is -0.0311. The molecule has 0 N–H and O–H groups in total. The lowest BCUT2D eigenvalue weighted by atomic mass is 9.57. The van der Waals surface area contributed by atoms with Crippen molar-refractivity contribution in [1.29, 1.82) is 0 Å². The fraction of sp³-hybridized carbons (Fsp3) is 0.545. The molecule has 2 fully saturated rings. The second-order valence-corrected chi connectivity index (χ2v) is 19.8. The van der Waals surface area contributed by atoms with Gasteiger partial charge in [0.25, 0.3) is 0 Å². The first-order valence-corrected chi connectivity index (χ1v) is 21.1. The van der Waals surface area contributed by atoms with Crippen molar-refractivity contribution in [3.8, 4) is 0 Å². The van der Waals surface area contributed by atoms with Crippen molar-refractivity contribution in [2.75, 3.05) is 6.54 Å². The van der Waals surface area contributed by atoms with Gasteiger partial charge in [-0.15, -0.1) is 24.5 Å². The molecule has 5 heterocycles. The van der Waals surface area contributed by atoms with Crippen LogP contribution in [0.1, 0.15) is 144 Å². The van der Waals surface area contributed by atoms with E-state index in [4.69, 9.17) is 0 Å². The van der Waals surface area contributed by atoms with Crippen LogP contribution in [-0.2, 0) is 6.54 Å². The van der Waals surface area contributed by atoms with Gasteiger partial charge in [0.2, 0.25) is 0 Å². The highest BCUT2D eigenvalue weighted by molar-refractivity contribution is 9.10. The van der Waals surface area contributed by atoms with Crippen molar-refractivity contribution in [3.05, 3.63) is 114 Å². The number of halogens is 2. The minimum absolute atomic E-state index is 0.313. The quantitative estimate of drug-likeness (QED) is 0.149. The van der Waals surface area contributed by atoms with Gasteiger partial charge in [0.1, 0.15) is 0 Å². The molecule has 49 heavy (non-hydrogen) atoms. The minimum atomic E-state index is 0.313. The van der Waals surface area contributed by atoms with Crippen LogP contribution in [-0.4, -0.2) is 28.4 Å². The Kier molecular flexibility index (Phi) is 11.3.